The first-order valence-corrected chi connectivity index (χ1v) is 16.9. The minimum atomic E-state index is -4.38. The van der Waals surface area contributed by atoms with Gasteiger partial charge in [0, 0.05) is 28.5 Å². The predicted octanol–water partition coefficient (Wildman–Crippen LogP) is 6.89. The zero-order chi connectivity index (χ0) is 34.4. The molecule has 0 aliphatic heterocycles. The van der Waals surface area contributed by atoms with Crippen LogP contribution >= 0.6 is 23.2 Å². The van der Waals surface area contributed by atoms with Crippen LogP contribution in [0.4, 0.5) is 10.1 Å². The second-order valence-corrected chi connectivity index (χ2v) is 14.6. The fraction of sp³-hybridized carbons (Fsp3) is 0.257. The van der Waals surface area contributed by atoms with Crippen molar-refractivity contribution in [2.45, 2.75) is 50.2 Å². The molecule has 0 radical (unpaired) electrons. The fourth-order valence-electron chi connectivity index (χ4n) is 4.85. The number of ether oxygens (including phenoxy) is 1. The van der Waals surface area contributed by atoms with Gasteiger partial charge < -0.3 is 15.0 Å². The van der Waals surface area contributed by atoms with Crippen molar-refractivity contribution in [2.75, 3.05) is 18.0 Å². The van der Waals surface area contributed by atoms with Gasteiger partial charge in [-0.25, -0.2) is 12.8 Å². The number of nitrogens with zero attached hydrogens (tertiary/aromatic N) is 2. The maximum atomic E-state index is 14.5. The number of benzene rings is 4. The maximum Gasteiger partial charge on any atom is 0.264 e. The highest BCUT2D eigenvalue weighted by atomic mass is 35.5. The summed E-state index contributed by atoms with van der Waals surface area (Å²) in [6.07, 6.45) is 0.126. The number of hydrogen-bond acceptors (Lipinski definition) is 5. The molecule has 248 valence electrons. The van der Waals surface area contributed by atoms with Crippen LogP contribution in [0.3, 0.4) is 0 Å². The summed E-state index contributed by atoms with van der Waals surface area (Å²) < 4.78 is 48.3. The van der Waals surface area contributed by atoms with E-state index in [1.54, 1.807) is 12.1 Å². The third-order valence-corrected chi connectivity index (χ3v) is 9.54. The topological polar surface area (TPSA) is 96.0 Å². The molecule has 8 nitrogen and oxygen atoms in total. The van der Waals surface area contributed by atoms with E-state index in [0.717, 1.165) is 22.0 Å². The Balaban J connectivity index is 1.83. The summed E-state index contributed by atoms with van der Waals surface area (Å²) in [6, 6.07) is 23.4. The van der Waals surface area contributed by atoms with E-state index in [9.17, 15) is 22.4 Å². The smallest absolute Gasteiger partial charge is 0.264 e. The zero-order valence-corrected chi connectivity index (χ0v) is 28.7. The van der Waals surface area contributed by atoms with E-state index in [1.165, 1.54) is 54.5 Å². The summed E-state index contributed by atoms with van der Waals surface area (Å²) >= 11 is 12.7. The van der Waals surface area contributed by atoms with Crippen LogP contribution in [0, 0.1) is 5.82 Å². The Labute approximate surface area is 285 Å². The van der Waals surface area contributed by atoms with Crippen molar-refractivity contribution in [1.29, 1.82) is 0 Å². The molecule has 4 rings (SSSR count). The van der Waals surface area contributed by atoms with Crippen LogP contribution in [0.25, 0.3) is 0 Å². The molecule has 0 saturated carbocycles. The molecule has 1 unspecified atom stereocenters. The van der Waals surface area contributed by atoms with Crippen molar-refractivity contribution in [3.05, 3.63) is 124 Å². The van der Waals surface area contributed by atoms with Crippen molar-refractivity contribution in [3.8, 4) is 5.75 Å². The third-order valence-electron chi connectivity index (χ3n) is 7.17. The zero-order valence-electron chi connectivity index (χ0n) is 26.4. The molecule has 0 fully saturated rings. The molecule has 1 atom stereocenters. The van der Waals surface area contributed by atoms with Gasteiger partial charge in [0.05, 0.1) is 17.7 Å². The summed E-state index contributed by atoms with van der Waals surface area (Å²) in [6.45, 7) is 4.63. The molecule has 0 aromatic heterocycles. The molecule has 0 saturated heterocycles. The SMILES string of the molecule is COc1ccc(S(=O)(=O)N(CC(=O)N(Cc2ccc(Cl)cc2Cl)C(Cc2ccccc2)C(=O)NC(C)(C)C)c2ccc(F)cc2)cc1. The maximum absolute atomic E-state index is 14.5. The van der Waals surface area contributed by atoms with E-state index in [2.05, 4.69) is 5.32 Å². The number of nitrogens with one attached hydrogen (secondary N) is 1. The predicted molar refractivity (Wildman–Crippen MR) is 183 cm³/mol. The molecular formula is C35H36Cl2FN3O5S. The van der Waals surface area contributed by atoms with Gasteiger partial charge in [-0.05, 0) is 92.6 Å². The van der Waals surface area contributed by atoms with E-state index in [-0.39, 0.29) is 28.6 Å². The van der Waals surface area contributed by atoms with Gasteiger partial charge in [-0.15, -0.1) is 0 Å². The number of halogens is 3. The number of methoxy groups -OCH3 is 1. The summed E-state index contributed by atoms with van der Waals surface area (Å²) in [7, 11) is -2.92. The molecule has 0 spiro atoms. The van der Waals surface area contributed by atoms with Gasteiger partial charge in [0.1, 0.15) is 24.2 Å². The summed E-state index contributed by atoms with van der Waals surface area (Å²) in [5.74, 6) is -1.27. The lowest BCUT2D eigenvalue weighted by atomic mass is 10.0. The molecule has 4 aromatic carbocycles. The highest BCUT2D eigenvalue weighted by Gasteiger charge is 2.36. The van der Waals surface area contributed by atoms with Crippen LogP contribution in [0.2, 0.25) is 10.0 Å². The van der Waals surface area contributed by atoms with Gasteiger partial charge in [-0.1, -0.05) is 59.6 Å². The van der Waals surface area contributed by atoms with Crippen molar-refractivity contribution >= 4 is 50.7 Å². The molecule has 1 N–H and O–H groups in total. The van der Waals surface area contributed by atoms with Gasteiger partial charge in [0.2, 0.25) is 11.8 Å². The Morgan fingerprint density at radius 3 is 2.13 bits per heavy atom. The van der Waals surface area contributed by atoms with E-state index in [4.69, 9.17) is 27.9 Å². The minimum absolute atomic E-state index is 0.0544. The fourth-order valence-corrected chi connectivity index (χ4v) is 6.73. The first-order chi connectivity index (χ1) is 22.2. The largest absolute Gasteiger partial charge is 0.497 e. The molecule has 4 aromatic rings. The van der Waals surface area contributed by atoms with Gasteiger partial charge in [0.15, 0.2) is 0 Å². The molecular weight excluding hydrogens is 664 g/mol. The molecule has 0 bridgehead atoms. The Bertz CT molecular complexity index is 1800. The first kappa shape index (κ1) is 35.7. The average molecular weight is 701 g/mol. The normalized spacial score (nSPS) is 12.2. The number of rotatable bonds is 12. The number of amides is 2. The molecule has 47 heavy (non-hydrogen) atoms. The van der Waals surface area contributed by atoms with Gasteiger partial charge in [-0.2, -0.15) is 0 Å². The molecule has 0 aliphatic carbocycles. The lowest BCUT2D eigenvalue weighted by molar-refractivity contribution is -0.140. The molecule has 0 heterocycles. The number of carbonyl (C=O) groups excluding carboxylic acids is 2. The summed E-state index contributed by atoms with van der Waals surface area (Å²) in [5, 5.41) is 3.63. The monoisotopic (exact) mass is 699 g/mol. The van der Waals surface area contributed by atoms with E-state index >= 15 is 0 Å². The Hall–Kier alpha value is -4.12. The number of hydrogen-bond donors (Lipinski definition) is 1. The van der Waals surface area contributed by atoms with Crippen LogP contribution in [0.15, 0.2) is 102 Å². The van der Waals surface area contributed by atoms with Crippen molar-refractivity contribution < 1.29 is 27.1 Å². The Morgan fingerprint density at radius 2 is 1.55 bits per heavy atom. The lowest BCUT2D eigenvalue weighted by Crippen LogP contribution is -2.56. The van der Waals surface area contributed by atoms with Crippen LogP contribution in [-0.2, 0) is 32.6 Å². The quantitative estimate of drug-likeness (QED) is 0.174. The van der Waals surface area contributed by atoms with Gasteiger partial charge >= 0.3 is 0 Å². The average Bonchev–Trinajstić information content (AvgIpc) is 3.02. The second kappa shape index (κ2) is 15.2. The molecule has 12 heteroatoms. The second-order valence-electron chi connectivity index (χ2n) is 11.9. The standard InChI is InChI=1S/C35H36Cl2FN3O5S/c1-35(2,3)39-34(43)32(20-24-8-6-5-7-9-24)40(22-25-10-11-26(36)21-31(25)37)33(42)23-41(28-14-12-27(38)13-15-28)47(44,45)30-18-16-29(46-4)17-19-30/h5-19,21,32H,20,22-23H2,1-4H3,(H,39,43). The van der Waals surface area contributed by atoms with Crippen molar-refractivity contribution in [1.82, 2.24) is 10.2 Å². The van der Waals surface area contributed by atoms with E-state index in [1.807, 2.05) is 51.1 Å². The van der Waals surface area contributed by atoms with Gasteiger partial charge in [0.25, 0.3) is 10.0 Å². The Kier molecular flexibility index (Phi) is 11.5. The third kappa shape index (κ3) is 9.47. The molecule has 0 aliphatic rings. The van der Waals surface area contributed by atoms with Crippen LogP contribution < -0.4 is 14.4 Å². The van der Waals surface area contributed by atoms with Crippen LogP contribution in [-0.4, -0.2) is 50.4 Å². The highest BCUT2D eigenvalue weighted by Crippen LogP contribution is 2.28. The summed E-state index contributed by atoms with van der Waals surface area (Å²) in [5.41, 5.74) is 0.690. The van der Waals surface area contributed by atoms with Crippen LogP contribution in [0.5, 0.6) is 5.75 Å². The first-order valence-electron chi connectivity index (χ1n) is 14.7. The molecule has 2 amide bonds. The summed E-state index contributed by atoms with van der Waals surface area (Å²) in [4.78, 5) is 29.7. The Morgan fingerprint density at radius 1 is 0.915 bits per heavy atom. The van der Waals surface area contributed by atoms with E-state index < -0.39 is 45.8 Å². The van der Waals surface area contributed by atoms with Crippen molar-refractivity contribution in [3.63, 3.8) is 0 Å². The number of carbonyl (C=O) groups is 2. The highest BCUT2D eigenvalue weighted by molar-refractivity contribution is 7.92. The number of anilines is 1. The van der Waals surface area contributed by atoms with Crippen LogP contribution in [0.1, 0.15) is 31.9 Å². The minimum Gasteiger partial charge on any atom is -0.497 e. The lowest BCUT2D eigenvalue weighted by Gasteiger charge is -2.35. The van der Waals surface area contributed by atoms with E-state index in [0.29, 0.717) is 16.3 Å². The van der Waals surface area contributed by atoms with Crippen molar-refractivity contribution in [2.24, 2.45) is 0 Å². The number of sulfonamides is 1. The van der Waals surface area contributed by atoms with Gasteiger partial charge in [-0.3, -0.25) is 13.9 Å².